The molecular formula is C8H15NO. The molecular weight excluding hydrogens is 126 g/mol. The third-order valence-electron chi connectivity index (χ3n) is 1.31. The predicted molar refractivity (Wildman–Crippen MR) is 42.2 cm³/mol. The van der Waals surface area contributed by atoms with Gasteiger partial charge in [-0.1, -0.05) is 20.3 Å². The zero-order valence-electron chi connectivity index (χ0n) is 6.52. The number of hydrogen-bond acceptors (Lipinski definition) is 1. The summed E-state index contributed by atoms with van der Waals surface area (Å²) >= 11 is 0. The molecule has 10 heavy (non-hydrogen) atoms. The fraction of sp³-hybridized carbons (Fsp3) is 0.625. The van der Waals surface area contributed by atoms with Gasteiger partial charge in [0, 0.05) is 13.0 Å². The molecule has 0 fully saturated rings. The SMILES string of the molecule is [CH2]CCC(C[CH2])NC(C)=O. The first kappa shape index (κ1) is 9.47. The molecule has 0 saturated heterocycles. The molecule has 2 heteroatoms. The highest BCUT2D eigenvalue weighted by Crippen LogP contribution is 1.99. The minimum Gasteiger partial charge on any atom is -0.354 e. The van der Waals surface area contributed by atoms with Crippen LogP contribution in [0.5, 0.6) is 0 Å². The van der Waals surface area contributed by atoms with Gasteiger partial charge in [0.2, 0.25) is 5.91 Å². The fourth-order valence-corrected chi connectivity index (χ4v) is 0.823. The summed E-state index contributed by atoms with van der Waals surface area (Å²) in [6.45, 7) is 8.94. The summed E-state index contributed by atoms with van der Waals surface area (Å²) in [5.41, 5.74) is 0. The Balaban J connectivity index is 3.49. The molecule has 1 N–H and O–H groups in total. The molecule has 0 heterocycles. The minimum absolute atomic E-state index is 0.0158. The summed E-state index contributed by atoms with van der Waals surface area (Å²) < 4.78 is 0. The van der Waals surface area contributed by atoms with E-state index in [4.69, 9.17) is 0 Å². The average molecular weight is 141 g/mol. The molecule has 0 spiro atoms. The van der Waals surface area contributed by atoms with Crippen molar-refractivity contribution in [2.75, 3.05) is 0 Å². The Morgan fingerprint density at radius 1 is 1.60 bits per heavy atom. The Labute approximate surface area is 63.0 Å². The monoisotopic (exact) mass is 141 g/mol. The van der Waals surface area contributed by atoms with E-state index in [-0.39, 0.29) is 11.9 Å². The topological polar surface area (TPSA) is 29.1 Å². The highest BCUT2D eigenvalue weighted by atomic mass is 16.1. The van der Waals surface area contributed by atoms with E-state index in [9.17, 15) is 4.79 Å². The normalized spacial score (nSPS) is 12.7. The number of carbonyl (C=O) groups excluding carboxylic acids is 1. The molecule has 0 aliphatic rings. The predicted octanol–water partition coefficient (Wildman–Crippen LogP) is 1.33. The third kappa shape index (κ3) is 4.36. The Morgan fingerprint density at radius 3 is 2.50 bits per heavy atom. The number of rotatable bonds is 4. The van der Waals surface area contributed by atoms with E-state index < -0.39 is 0 Å². The van der Waals surface area contributed by atoms with Gasteiger partial charge < -0.3 is 5.32 Å². The van der Waals surface area contributed by atoms with Gasteiger partial charge in [-0.05, 0) is 12.8 Å². The van der Waals surface area contributed by atoms with Crippen LogP contribution in [0.1, 0.15) is 26.2 Å². The number of nitrogens with one attached hydrogen (secondary N) is 1. The minimum atomic E-state index is 0.0158. The van der Waals surface area contributed by atoms with Crippen LogP contribution in [0.2, 0.25) is 0 Å². The van der Waals surface area contributed by atoms with Gasteiger partial charge in [0.05, 0.1) is 0 Å². The molecule has 0 aromatic carbocycles. The van der Waals surface area contributed by atoms with Crippen LogP contribution < -0.4 is 5.32 Å². The lowest BCUT2D eigenvalue weighted by Crippen LogP contribution is -2.32. The van der Waals surface area contributed by atoms with Gasteiger partial charge in [-0.15, -0.1) is 0 Å². The zero-order valence-corrected chi connectivity index (χ0v) is 6.52. The number of hydrogen-bond donors (Lipinski definition) is 1. The lowest BCUT2D eigenvalue weighted by atomic mass is 10.1. The summed E-state index contributed by atoms with van der Waals surface area (Å²) in [4.78, 5) is 10.5. The zero-order chi connectivity index (χ0) is 7.98. The average Bonchev–Trinajstić information content (AvgIpc) is 1.86. The van der Waals surface area contributed by atoms with Crippen LogP contribution >= 0.6 is 0 Å². The van der Waals surface area contributed by atoms with Crippen LogP contribution in [-0.4, -0.2) is 11.9 Å². The molecule has 0 rings (SSSR count). The van der Waals surface area contributed by atoms with Crippen molar-refractivity contribution in [2.45, 2.75) is 32.2 Å². The van der Waals surface area contributed by atoms with Crippen molar-refractivity contribution in [1.82, 2.24) is 5.32 Å². The molecule has 0 aromatic heterocycles. The van der Waals surface area contributed by atoms with Gasteiger partial charge >= 0.3 is 0 Å². The van der Waals surface area contributed by atoms with Crippen LogP contribution in [0.4, 0.5) is 0 Å². The van der Waals surface area contributed by atoms with Crippen molar-refractivity contribution in [1.29, 1.82) is 0 Å². The second-order valence-corrected chi connectivity index (χ2v) is 2.33. The summed E-state index contributed by atoms with van der Waals surface area (Å²) in [7, 11) is 0. The van der Waals surface area contributed by atoms with Crippen molar-refractivity contribution in [3.8, 4) is 0 Å². The molecule has 0 aliphatic heterocycles. The van der Waals surface area contributed by atoms with Gasteiger partial charge in [0.25, 0.3) is 0 Å². The summed E-state index contributed by atoms with van der Waals surface area (Å²) in [5, 5.41) is 2.79. The lowest BCUT2D eigenvalue weighted by molar-refractivity contribution is -0.119. The first-order chi connectivity index (χ1) is 4.70. The first-order valence-corrected chi connectivity index (χ1v) is 3.56. The second kappa shape index (κ2) is 5.27. The maximum atomic E-state index is 10.5. The largest absolute Gasteiger partial charge is 0.354 e. The van der Waals surface area contributed by atoms with Crippen molar-refractivity contribution in [3.05, 3.63) is 13.8 Å². The van der Waals surface area contributed by atoms with Crippen molar-refractivity contribution in [3.63, 3.8) is 0 Å². The van der Waals surface area contributed by atoms with Crippen LogP contribution in [0.15, 0.2) is 0 Å². The van der Waals surface area contributed by atoms with E-state index in [1.165, 1.54) is 6.92 Å². The fourth-order valence-electron chi connectivity index (χ4n) is 0.823. The standard InChI is InChI=1S/C8H15NO/c1-4-6-8(5-2)9-7(3)10/h8H,1-2,4-6H2,3H3,(H,9,10). The highest BCUT2D eigenvalue weighted by Gasteiger charge is 2.04. The van der Waals surface area contributed by atoms with Crippen molar-refractivity contribution in [2.24, 2.45) is 0 Å². The molecule has 1 amide bonds. The maximum absolute atomic E-state index is 10.5. The highest BCUT2D eigenvalue weighted by molar-refractivity contribution is 5.73. The van der Waals surface area contributed by atoms with E-state index in [0.717, 1.165) is 19.3 Å². The Hall–Kier alpha value is -0.530. The van der Waals surface area contributed by atoms with Gasteiger partial charge in [0.1, 0.15) is 0 Å². The van der Waals surface area contributed by atoms with E-state index in [1.807, 2.05) is 0 Å². The molecule has 0 bridgehead atoms. The molecule has 0 saturated carbocycles. The molecule has 0 aromatic rings. The van der Waals surface area contributed by atoms with Gasteiger partial charge in [-0.3, -0.25) is 4.79 Å². The molecule has 1 unspecified atom stereocenters. The third-order valence-corrected chi connectivity index (χ3v) is 1.31. The number of amides is 1. The van der Waals surface area contributed by atoms with Crippen LogP contribution in [0.25, 0.3) is 0 Å². The summed E-state index contributed by atoms with van der Waals surface area (Å²) in [6, 6.07) is 0.218. The lowest BCUT2D eigenvalue weighted by Gasteiger charge is -2.13. The molecule has 2 nitrogen and oxygen atoms in total. The van der Waals surface area contributed by atoms with E-state index in [0.29, 0.717) is 0 Å². The second-order valence-electron chi connectivity index (χ2n) is 2.33. The first-order valence-electron chi connectivity index (χ1n) is 3.56. The maximum Gasteiger partial charge on any atom is 0.217 e. The van der Waals surface area contributed by atoms with Crippen molar-refractivity contribution < 1.29 is 4.79 Å². The smallest absolute Gasteiger partial charge is 0.217 e. The van der Waals surface area contributed by atoms with Crippen molar-refractivity contribution >= 4 is 5.91 Å². The Bertz CT molecular complexity index is 101. The molecule has 58 valence electrons. The van der Waals surface area contributed by atoms with Crippen LogP contribution in [0, 0.1) is 13.8 Å². The van der Waals surface area contributed by atoms with E-state index in [1.54, 1.807) is 0 Å². The quantitative estimate of drug-likeness (QED) is 0.628. The molecule has 2 radical (unpaired) electrons. The van der Waals surface area contributed by atoms with E-state index in [2.05, 4.69) is 19.2 Å². The Kier molecular flexibility index (Phi) is 4.99. The van der Waals surface area contributed by atoms with Gasteiger partial charge in [0.15, 0.2) is 0 Å². The summed E-state index contributed by atoms with van der Waals surface area (Å²) in [5.74, 6) is 0.0158. The van der Waals surface area contributed by atoms with Gasteiger partial charge in [-0.2, -0.15) is 0 Å². The number of carbonyl (C=O) groups is 1. The van der Waals surface area contributed by atoms with E-state index >= 15 is 0 Å². The Morgan fingerprint density at radius 2 is 2.20 bits per heavy atom. The van der Waals surface area contributed by atoms with Gasteiger partial charge in [-0.25, -0.2) is 0 Å². The van der Waals surface area contributed by atoms with Crippen LogP contribution in [-0.2, 0) is 4.79 Å². The summed E-state index contributed by atoms with van der Waals surface area (Å²) in [6.07, 6.45) is 2.51. The van der Waals surface area contributed by atoms with Crippen LogP contribution in [0.3, 0.4) is 0 Å². The molecule has 0 aliphatic carbocycles. The molecule has 1 atom stereocenters.